The molecule has 0 saturated heterocycles. The van der Waals surface area contributed by atoms with Gasteiger partial charge in [-0.25, -0.2) is 13.9 Å². The second kappa shape index (κ2) is 7.69. The Balaban J connectivity index is 1.66. The van der Waals surface area contributed by atoms with Gasteiger partial charge in [0.05, 0.1) is 7.11 Å². The van der Waals surface area contributed by atoms with Crippen LogP contribution in [0.2, 0.25) is 0 Å². The molecule has 0 aliphatic carbocycles. The fourth-order valence-corrected chi connectivity index (χ4v) is 3.11. The monoisotopic (exact) mass is 371 g/mol. The number of nitrogens with zero attached hydrogens (tertiary/aromatic N) is 5. The van der Waals surface area contributed by atoms with Crippen LogP contribution in [0.5, 0.6) is 5.75 Å². The van der Waals surface area contributed by atoms with Crippen LogP contribution in [0.3, 0.4) is 0 Å². The number of ether oxygens (including phenoxy) is 1. The van der Waals surface area contributed by atoms with Gasteiger partial charge in [0.25, 0.3) is 5.78 Å². The molecule has 0 unspecified atom stereocenters. The highest BCUT2D eigenvalue weighted by Gasteiger charge is 2.15. The van der Waals surface area contributed by atoms with Gasteiger partial charge in [0.2, 0.25) is 5.91 Å². The maximum Gasteiger partial charge on any atom is 0.252 e. The second-order valence-corrected chi connectivity index (χ2v) is 6.45. The largest absolute Gasteiger partial charge is 0.494 e. The summed E-state index contributed by atoms with van der Waals surface area (Å²) in [5.74, 6) is 0.284. The molecular weight excluding hydrogens is 349 g/mol. The van der Waals surface area contributed by atoms with E-state index < -0.39 is 5.82 Å². The molecule has 8 heteroatoms. The summed E-state index contributed by atoms with van der Waals surface area (Å²) >= 11 is 0. The highest BCUT2D eigenvalue weighted by molar-refractivity contribution is 5.76. The zero-order valence-electron chi connectivity index (χ0n) is 15.9. The van der Waals surface area contributed by atoms with Gasteiger partial charge in [0.15, 0.2) is 11.6 Å². The van der Waals surface area contributed by atoms with Gasteiger partial charge in [-0.3, -0.25) is 4.79 Å². The zero-order valence-corrected chi connectivity index (χ0v) is 15.9. The molecule has 0 radical (unpaired) electrons. The van der Waals surface area contributed by atoms with Crippen LogP contribution < -0.4 is 4.74 Å². The predicted molar refractivity (Wildman–Crippen MR) is 98.0 cm³/mol. The fraction of sp³-hybridized carbons (Fsp3) is 0.368. The normalized spacial score (nSPS) is 11.0. The van der Waals surface area contributed by atoms with Crippen molar-refractivity contribution in [3.63, 3.8) is 0 Å². The average molecular weight is 371 g/mol. The van der Waals surface area contributed by atoms with E-state index in [-0.39, 0.29) is 11.7 Å². The summed E-state index contributed by atoms with van der Waals surface area (Å²) in [6.45, 7) is 4.18. The molecule has 0 fully saturated rings. The van der Waals surface area contributed by atoms with Crippen molar-refractivity contribution in [2.75, 3.05) is 14.2 Å². The van der Waals surface area contributed by atoms with E-state index >= 15 is 0 Å². The number of amides is 1. The molecule has 7 nitrogen and oxygen atoms in total. The Morgan fingerprint density at radius 3 is 2.81 bits per heavy atom. The van der Waals surface area contributed by atoms with Gasteiger partial charge in [-0.15, -0.1) is 0 Å². The number of benzene rings is 1. The third-order valence-corrected chi connectivity index (χ3v) is 4.64. The number of aryl methyl sites for hydroxylation is 2. The van der Waals surface area contributed by atoms with Crippen LogP contribution in [0.1, 0.15) is 28.9 Å². The predicted octanol–water partition coefficient (Wildman–Crippen LogP) is 2.48. The quantitative estimate of drug-likeness (QED) is 0.666. The number of carbonyl (C=O) groups excluding carboxylic acids is 1. The van der Waals surface area contributed by atoms with Crippen LogP contribution in [0.15, 0.2) is 24.5 Å². The molecule has 1 aromatic carbocycles. The van der Waals surface area contributed by atoms with E-state index in [4.69, 9.17) is 4.74 Å². The molecule has 0 aliphatic rings. The summed E-state index contributed by atoms with van der Waals surface area (Å²) in [5, 5.41) is 4.16. The van der Waals surface area contributed by atoms with Gasteiger partial charge in [0.1, 0.15) is 6.33 Å². The fourth-order valence-electron chi connectivity index (χ4n) is 3.11. The summed E-state index contributed by atoms with van der Waals surface area (Å²) in [6, 6.07) is 4.71. The number of rotatable bonds is 6. The van der Waals surface area contributed by atoms with Crippen molar-refractivity contribution >= 4 is 11.7 Å². The van der Waals surface area contributed by atoms with Gasteiger partial charge < -0.3 is 9.64 Å². The molecule has 0 saturated carbocycles. The van der Waals surface area contributed by atoms with Gasteiger partial charge in [-0.1, -0.05) is 6.07 Å². The minimum Gasteiger partial charge on any atom is -0.494 e. The van der Waals surface area contributed by atoms with E-state index in [0.29, 0.717) is 30.7 Å². The highest BCUT2D eigenvalue weighted by atomic mass is 19.1. The van der Waals surface area contributed by atoms with Gasteiger partial charge in [0, 0.05) is 31.4 Å². The highest BCUT2D eigenvalue weighted by Crippen LogP contribution is 2.19. The number of fused-ring (bicyclic) bond motifs is 1. The van der Waals surface area contributed by atoms with Crippen molar-refractivity contribution in [3.05, 3.63) is 52.9 Å². The molecule has 2 aromatic heterocycles. The number of hydrogen-bond acceptors (Lipinski definition) is 5. The summed E-state index contributed by atoms with van der Waals surface area (Å²) in [4.78, 5) is 22.6. The summed E-state index contributed by atoms with van der Waals surface area (Å²) < 4.78 is 20.4. The van der Waals surface area contributed by atoms with E-state index in [9.17, 15) is 9.18 Å². The van der Waals surface area contributed by atoms with Crippen LogP contribution in [0.25, 0.3) is 5.78 Å². The molecule has 0 spiro atoms. The van der Waals surface area contributed by atoms with Crippen LogP contribution in [-0.4, -0.2) is 44.5 Å². The molecule has 142 valence electrons. The van der Waals surface area contributed by atoms with Gasteiger partial charge >= 0.3 is 0 Å². The molecule has 3 rings (SSSR count). The first-order chi connectivity index (χ1) is 12.9. The third kappa shape index (κ3) is 3.89. The molecule has 0 N–H and O–H groups in total. The van der Waals surface area contributed by atoms with E-state index in [0.717, 1.165) is 17.0 Å². The molecule has 3 aromatic rings. The number of halogens is 1. The van der Waals surface area contributed by atoms with E-state index in [2.05, 4.69) is 15.1 Å². The van der Waals surface area contributed by atoms with E-state index in [1.54, 1.807) is 28.6 Å². The Labute approximate surface area is 156 Å². The molecule has 2 heterocycles. The molecular formula is C19H22FN5O2. The molecule has 0 atom stereocenters. The van der Waals surface area contributed by atoms with Crippen LogP contribution >= 0.6 is 0 Å². The maximum atomic E-state index is 13.8. The molecule has 27 heavy (non-hydrogen) atoms. The second-order valence-electron chi connectivity index (χ2n) is 6.45. The third-order valence-electron chi connectivity index (χ3n) is 4.64. The van der Waals surface area contributed by atoms with Crippen molar-refractivity contribution in [1.29, 1.82) is 0 Å². The van der Waals surface area contributed by atoms with Crippen LogP contribution in [0.4, 0.5) is 4.39 Å². The lowest BCUT2D eigenvalue weighted by Gasteiger charge is -2.18. The van der Waals surface area contributed by atoms with E-state index in [1.807, 2.05) is 13.8 Å². The standard InChI is InChI=1S/C19H22FN5O2/c1-12-15(13(2)25-19(23-12)21-11-22-25)6-8-18(26)24(3)10-14-5-7-17(27-4)16(20)9-14/h5,7,9,11H,6,8,10H2,1-4H3. The average Bonchev–Trinajstić information content (AvgIpc) is 3.10. The Kier molecular flexibility index (Phi) is 5.34. The number of carbonyl (C=O) groups is 1. The molecule has 0 aliphatic heterocycles. The Morgan fingerprint density at radius 2 is 2.11 bits per heavy atom. The minimum atomic E-state index is -0.436. The van der Waals surface area contributed by atoms with E-state index in [1.165, 1.54) is 19.5 Å². The number of methoxy groups -OCH3 is 1. The topological polar surface area (TPSA) is 72.6 Å². The SMILES string of the molecule is COc1ccc(CN(C)C(=O)CCc2c(C)nc3ncnn3c2C)cc1F. The van der Waals surface area contributed by atoms with Crippen molar-refractivity contribution in [2.24, 2.45) is 0 Å². The molecule has 0 bridgehead atoms. The Morgan fingerprint density at radius 1 is 1.33 bits per heavy atom. The van der Waals surface area contributed by atoms with Gasteiger partial charge in [-0.05, 0) is 43.5 Å². The lowest BCUT2D eigenvalue weighted by Crippen LogP contribution is -2.26. The lowest BCUT2D eigenvalue weighted by molar-refractivity contribution is -0.130. The first-order valence-corrected chi connectivity index (χ1v) is 8.63. The van der Waals surface area contributed by atoms with Crippen LogP contribution in [-0.2, 0) is 17.8 Å². The van der Waals surface area contributed by atoms with Crippen LogP contribution in [0, 0.1) is 19.7 Å². The summed E-state index contributed by atoms with van der Waals surface area (Å²) in [5.41, 5.74) is 3.48. The van der Waals surface area contributed by atoms with Crippen molar-refractivity contribution in [1.82, 2.24) is 24.5 Å². The van der Waals surface area contributed by atoms with Crippen molar-refractivity contribution in [3.8, 4) is 5.75 Å². The first-order valence-electron chi connectivity index (χ1n) is 8.63. The number of aromatic nitrogens is 4. The van der Waals surface area contributed by atoms with Crippen molar-refractivity contribution in [2.45, 2.75) is 33.2 Å². The lowest BCUT2D eigenvalue weighted by atomic mass is 10.1. The summed E-state index contributed by atoms with van der Waals surface area (Å²) in [6.07, 6.45) is 2.35. The number of hydrogen-bond donors (Lipinski definition) is 0. The smallest absolute Gasteiger partial charge is 0.252 e. The minimum absolute atomic E-state index is 0.0243. The summed E-state index contributed by atoms with van der Waals surface area (Å²) in [7, 11) is 3.13. The first kappa shape index (κ1) is 18.8. The Bertz CT molecular complexity index is 986. The van der Waals surface area contributed by atoms with Crippen molar-refractivity contribution < 1.29 is 13.9 Å². The Hall–Kier alpha value is -3.03. The molecule has 1 amide bonds. The maximum absolute atomic E-state index is 13.8. The van der Waals surface area contributed by atoms with Gasteiger partial charge in [-0.2, -0.15) is 10.1 Å². The zero-order chi connectivity index (χ0) is 19.6.